The molecule has 0 spiro atoms. The Bertz CT molecular complexity index is 2830. The molecule has 1 unspecified atom stereocenters. The highest BCUT2D eigenvalue weighted by atomic mass is 35.5. The first-order valence-electron chi connectivity index (χ1n) is 18.9. The van der Waals surface area contributed by atoms with E-state index in [9.17, 15) is 31.0 Å². The van der Waals surface area contributed by atoms with Crippen molar-refractivity contribution in [1.29, 1.82) is 0 Å². The minimum atomic E-state index is -5.04. The third-order valence-corrected chi connectivity index (χ3v) is 12.5. The molecule has 60 heavy (non-hydrogen) atoms. The van der Waals surface area contributed by atoms with Crippen LogP contribution in [0, 0.1) is 17.6 Å². The van der Waals surface area contributed by atoms with E-state index in [0.29, 0.717) is 68.0 Å². The number of hydrogen-bond acceptors (Lipinski definition) is 7. The number of halogens is 8. The topological polar surface area (TPSA) is 110 Å². The van der Waals surface area contributed by atoms with E-state index in [4.69, 9.17) is 21.3 Å². The van der Waals surface area contributed by atoms with Gasteiger partial charge < -0.3 is 4.74 Å². The van der Waals surface area contributed by atoms with Crippen molar-refractivity contribution in [1.82, 2.24) is 34.3 Å². The molecule has 1 aliphatic heterocycles. The van der Waals surface area contributed by atoms with E-state index in [1.165, 1.54) is 6.26 Å². The van der Waals surface area contributed by atoms with Crippen LogP contribution >= 0.6 is 11.6 Å². The molecule has 4 atom stereocenters. The van der Waals surface area contributed by atoms with Crippen LogP contribution < -0.4 is 0 Å². The molecule has 0 bridgehead atoms. The van der Waals surface area contributed by atoms with Gasteiger partial charge in [0.15, 0.2) is 11.5 Å². The Labute approximate surface area is 343 Å². The summed E-state index contributed by atoms with van der Waals surface area (Å²) in [6, 6.07) is 9.67. The fourth-order valence-corrected chi connectivity index (χ4v) is 9.71. The van der Waals surface area contributed by atoms with E-state index in [1.54, 1.807) is 53.1 Å². The lowest BCUT2D eigenvalue weighted by atomic mass is 9.86. The molecule has 6 aromatic rings. The Morgan fingerprint density at radius 1 is 1.08 bits per heavy atom. The fraction of sp³-hybridized carbons (Fsp3) is 0.366. The zero-order valence-corrected chi connectivity index (χ0v) is 33.5. The lowest BCUT2D eigenvalue weighted by Crippen LogP contribution is -2.30. The summed E-state index contributed by atoms with van der Waals surface area (Å²) in [6.45, 7) is -0.000414. The molecule has 4 aromatic heterocycles. The van der Waals surface area contributed by atoms with Crippen molar-refractivity contribution in [2.24, 2.45) is 13.0 Å². The summed E-state index contributed by atoms with van der Waals surface area (Å²) in [4.78, 5) is 19.3. The number of pyridine rings is 1. The van der Waals surface area contributed by atoms with Crippen molar-refractivity contribution in [3.63, 3.8) is 0 Å². The average molecular weight is 874 g/mol. The molecule has 10 nitrogen and oxygen atoms in total. The van der Waals surface area contributed by atoms with Gasteiger partial charge in [0.2, 0.25) is 0 Å². The Kier molecular flexibility index (Phi) is 9.59. The Hall–Kier alpha value is -5.07. The van der Waals surface area contributed by atoms with Gasteiger partial charge >= 0.3 is 6.18 Å². The number of carbonyl (C=O) groups excluding carboxylic acids is 1. The van der Waals surface area contributed by atoms with E-state index < -0.39 is 86.7 Å². The Balaban J connectivity index is 1.19. The van der Waals surface area contributed by atoms with Crippen molar-refractivity contribution in [3.05, 3.63) is 105 Å². The van der Waals surface area contributed by atoms with Crippen molar-refractivity contribution < 1.29 is 44.5 Å². The number of nitrogens with zero attached hydrogens (tertiary/aromatic N) is 7. The number of rotatable bonds is 12. The van der Waals surface area contributed by atoms with Gasteiger partial charge in [-0.2, -0.15) is 37.2 Å². The predicted octanol–water partition coefficient (Wildman–Crippen LogP) is 8.26. The number of fused-ring (bicyclic) bond motifs is 4. The fourth-order valence-electron chi connectivity index (χ4n) is 8.66. The van der Waals surface area contributed by atoms with Crippen molar-refractivity contribution >= 4 is 43.7 Å². The number of aromatic nitrogens is 7. The van der Waals surface area contributed by atoms with Gasteiger partial charge in [-0.3, -0.25) is 28.0 Å². The molecule has 0 amide bonds. The van der Waals surface area contributed by atoms with Gasteiger partial charge in [0.05, 0.1) is 58.8 Å². The molecule has 19 heteroatoms. The van der Waals surface area contributed by atoms with Crippen molar-refractivity contribution in [2.75, 3.05) is 19.5 Å². The molecule has 1 saturated heterocycles. The number of ketones is 1. The van der Waals surface area contributed by atoms with Gasteiger partial charge in [0, 0.05) is 71.5 Å². The van der Waals surface area contributed by atoms with Crippen LogP contribution in [0.1, 0.15) is 64.6 Å². The second-order valence-electron chi connectivity index (χ2n) is 16.0. The van der Waals surface area contributed by atoms with Gasteiger partial charge in [-0.05, 0) is 64.0 Å². The van der Waals surface area contributed by atoms with Gasteiger partial charge in [0.25, 0.3) is 5.92 Å². The van der Waals surface area contributed by atoms with E-state index in [-0.39, 0.29) is 35.9 Å². The maximum absolute atomic E-state index is 15.5. The number of ether oxygens (including phenoxy) is 1. The standard InChI is InChI=1S/C41H35ClF7N7O3S/c1-54-37-28(4-6-31(42)35(37)33(52-54)19-60(2,3)58)27-5-7-32(22-14-50-55(15-22)25-17-59-18-25)51-36(27)21(8-20-9-23(43)12-24(44)10-20)11-26(57)16-56-39-34(38(53-56)41(47,48)49)29-13-30(29)40(39,45)46/h4-7,9-10,12,14-15,21,25,29-30H,2,8,11,13,16-19H2,1,3H3/t21-,29+,30-,60?/m1/s1. The maximum Gasteiger partial charge on any atom is 0.435 e. The maximum atomic E-state index is 15.5. The molecular weight excluding hydrogens is 839 g/mol. The molecule has 2 aliphatic carbocycles. The number of Topliss-reactive ketones (excluding diaryl/α,β-unsaturated/α-hetero) is 1. The van der Waals surface area contributed by atoms with E-state index in [2.05, 4.69) is 21.2 Å². The molecule has 2 fully saturated rings. The molecule has 9 rings (SSSR count). The number of carbonyl (C=O) groups is 1. The second-order valence-corrected chi connectivity index (χ2v) is 19.1. The first-order valence-corrected chi connectivity index (χ1v) is 21.6. The Morgan fingerprint density at radius 2 is 1.80 bits per heavy atom. The molecule has 5 heterocycles. The van der Waals surface area contributed by atoms with E-state index >= 15 is 8.78 Å². The third kappa shape index (κ3) is 7.19. The zero-order chi connectivity index (χ0) is 42.6. The predicted molar refractivity (Wildman–Crippen MR) is 209 cm³/mol. The zero-order valence-electron chi connectivity index (χ0n) is 31.9. The highest BCUT2D eigenvalue weighted by Gasteiger charge is 2.68. The number of benzene rings is 2. The molecule has 0 radical (unpaired) electrons. The van der Waals surface area contributed by atoms with Crippen LogP contribution in [0.5, 0.6) is 0 Å². The summed E-state index contributed by atoms with van der Waals surface area (Å²) >= 11 is 6.75. The molecule has 3 aliphatic rings. The van der Waals surface area contributed by atoms with E-state index in [0.717, 1.165) is 12.1 Å². The largest absolute Gasteiger partial charge is 0.435 e. The molecular formula is C41H35ClF7N7O3S. The van der Waals surface area contributed by atoms with Gasteiger partial charge in [-0.25, -0.2) is 8.78 Å². The van der Waals surface area contributed by atoms with Crippen LogP contribution in [0.2, 0.25) is 5.02 Å². The number of aryl methyl sites for hydroxylation is 1. The first kappa shape index (κ1) is 40.3. The number of alkyl halides is 5. The van der Waals surface area contributed by atoms with Crippen LogP contribution in [0.3, 0.4) is 0 Å². The third-order valence-electron chi connectivity index (χ3n) is 11.4. The SMILES string of the molecule is C=S(C)(=O)Cc1nn(C)c2c(-c3ccc(-c4cnn(C5COC5)c4)nc3[C@@H](CC(=O)Cn3nc(C(F)(F)F)c4c3C(F)(F)[C@@H]3C[C@H]43)Cc3cc(F)cc(F)c3)ccc(Cl)c12. The first-order chi connectivity index (χ1) is 28.3. The second kappa shape index (κ2) is 14.3. The lowest BCUT2D eigenvalue weighted by molar-refractivity contribution is -0.142. The number of hydrogen-bond donors (Lipinski definition) is 0. The van der Waals surface area contributed by atoms with Crippen LogP contribution in [-0.2, 0) is 56.9 Å². The highest BCUT2D eigenvalue weighted by Crippen LogP contribution is 2.68. The quantitative estimate of drug-likeness (QED) is 0.0900. The summed E-state index contributed by atoms with van der Waals surface area (Å²) in [5.41, 5.74) is 0.285. The van der Waals surface area contributed by atoms with Crippen LogP contribution in [0.25, 0.3) is 33.3 Å². The van der Waals surface area contributed by atoms with Gasteiger partial charge in [0.1, 0.15) is 23.9 Å². The smallest absolute Gasteiger partial charge is 0.377 e. The lowest BCUT2D eigenvalue weighted by Gasteiger charge is -2.25. The molecule has 1 saturated carbocycles. The summed E-state index contributed by atoms with van der Waals surface area (Å²) < 4.78 is 125. The Morgan fingerprint density at radius 3 is 2.47 bits per heavy atom. The summed E-state index contributed by atoms with van der Waals surface area (Å²) in [6.07, 6.45) is -1.00. The summed E-state index contributed by atoms with van der Waals surface area (Å²) in [7, 11) is -0.920. The monoisotopic (exact) mass is 873 g/mol. The van der Waals surface area contributed by atoms with Crippen LogP contribution in [0.4, 0.5) is 30.7 Å². The van der Waals surface area contributed by atoms with Gasteiger partial charge in [-0.1, -0.05) is 23.7 Å². The minimum absolute atomic E-state index is 0.00291. The average Bonchev–Trinajstić information content (AvgIpc) is 3.34. The molecule has 2 aromatic carbocycles. The summed E-state index contributed by atoms with van der Waals surface area (Å²) in [5, 5.41) is 13.4. The van der Waals surface area contributed by atoms with Crippen LogP contribution in [-0.4, -0.2) is 69.7 Å². The van der Waals surface area contributed by atoms with Crippen molar-refractivity contribution in [3.8, 4) is 22.4 Å². The van der Waals surface area contributed by atoms with E-state index in [1.807, 2.05) is 0 Å². The molecule has 314 valence electrons. The minimum Gasteiger partial charge on any atom is -0.377 e. The summed E-state index contributed by atoms with van der Waals surface area (Å²) in [5.74, 6) is -5.78. The highest BCUT2D eigenvalue weighted by molar-refractivity contribution is 7.98. The van der Waals surface area contributed by atoms with Crippen LogP contribution in [0.15, 0.2) is 54.9 Å². The van der Waals surface area contributed by atoms with Crippen molar-refractivity contribution in [2.45, 2.75) is 61.5 Å². The normalized spacial score (nSPS) is 19.8. The molecule has 0 N–H and O–H groups in total. The van der Waals surface area contributed by atoms with Gasteiger partial charge in [-0.15, -0.1) is 0 Å².